The van der Waals surface area contributed by atoms with Gasteiger partial charge in [0.1, 0.15) is 0 Å². The van der Waals surface area contributed by atoms with E-state index in [-0.39, 0.29) is 0 Å². The minimum Gasteiger partial charge on any atom is -0.334 e. The summed E-state index contributed by atoms with van der Waals surface area (Å²) < 4.78 is 6.49. The maximum Gasteiger partial charge on any atom is 0.258 e. The molecule has 1 N–H and O–H groups in total. The molecule has 19 heavy (non-hydrogen) atoms. The number of rotatable bonds is 2. The Balaban J connectivity index is 1.87. The summed E-state index contributed by atoms with van der Waals surface area (Å²) in [5.74, 6) is 1.90. The van der Waals surface area contributed by atoms with Gasteiger partial charge in [-0.25, -0.2) is 0 Å². The number of benzene rings is 1. The topological polar surface area (TPSA) is 51.0 Å². The average molecular weight is 322 g/mol. The summed E-state index contributed by atoms with van der Waals surface area (Å²) in [5.41, 5.74) is 2.14. The quantitative estimate of drug-likeness (QED) is 0.922. The molecule has 1 aliphatic heterocycles. The molecule has 2 aromatic rings. The van der Waals surface area contributed by atoms with Gasteiger partial charge in [-0.2, -0.15) is 4.98 Å². The molecule has 100 valence electrons. The molecule has 0 aliphatic carbocycles. The van der Waals surface area contributed by atoms with Crippen molar-refractivity contribution in [2.75, 3.05) is 13.1 Å². The van der Waals surface area contributed by atoms with Gasteiger partial charge in [0, 0.05) is 16.0 Å². The largest absolute Gasteiger partial charge is 0.334 e. The zero-order valence-electron chi connectivity index (χ0n) is 10.8. The summed E-state index contributed by atoms with van der Waals surface area (Å²) in [6, 6.07) is 6.07. The van der Waals surface area contributed by atoms with E-state index in [2.05, 4.69) is 44.4 Å². The highest BCUT2D eigenvalue weighted by Crippen LogP contribution is 2.28. The first-order valence-corrected chi connectivity index (χ1v) is 7.34. The molecule has 0 amide bonds. The molecule has 0 atom stereocenters. The van der Waals surface area contributed by atoms with Gasteiger partial charge in [0.05, 0.1) is 0 Å². The third-order valence-corrected chi connectivity index (χ3v) is 4.06. The van der Waals surface area contributed by atoms with E-state index in [1.807, 2.05) is 12.1 Å². The van der Waals surface area contributed by atoms with Crippen LogP contribution in [0.15, 0.2) is 27.2 Å². The first kappa shape index (κ1) is 12.8. The number of aryl methyl sites for hydroxylation is 1. The van der Waals surface area contributed by atoms with Crippen LogP contribution in [0.1, 0.15) is 30.1 Å². The summed E-state index contributed by atoms with van der Waals surface area (Å²) >= 11 is 3.46. The molecule has 0 saturated carbocycles. The van der Waals surface area contributed by atoms with Gasteiger partial charge >= 0.3 is 0 Å². The number of hydrogen-bond acceptors (Lipinski definition) is 4. The summed E-state index contributed by atoms with van der Waals surface area (Å²) in [6.45, 7) is 4.12. The van der Waals surface area contributed by atoms with Crippen LogP contribution in [0.25, 0.3) is 11.5 Å². The monoisotopic (exact) mass is 321 g/mol. The minimum absolute atomic E-state index is 0.425. The Labute approximate surface area is 120 Å². The lowest BCUT2D eigenvalue weighted by Crippen LogP contribution is -2.27. The van der Waals surface area contributed by atoms with Gasteiger partial charge in [-0.05, 0) is 56.6 Å². The van der Waals surface area contributed by atoms with Crippen molar-refractivity contribution in [1.29, 1.82) is 0 Å². The number of halogens is 1. The second kappa shape index (κ2) is 5.43. The van der Waals surface area contributed by atoms with Crippen LogP contribution in [0.2, 0.25) is 0 Å². The summed E-state index contributed by atoms with van der Waals surface area (Å²) in [5, 5.41) is 7.50. The highest BCUT2D eigenvalue weighted by atomic mass is 79.9. The van der Waals surface area contributed by atoms with Crippen LogP contribution in [-0.4, -0.2) is 23.2 Å². The average Bonchev–Trinajstić information content (AvgIpc) is 2.89. The van der Waals surface area contributed by atoms with Crippen molar-refractivity contribution < 1.29 is 4.52 Å². The molecule has 1 fully saturated rings. The standard InChI is InChI=1S/C14H16BrN3O/c1-9-8-11(15)2-3-12(9)14-17-13(18-19-14)10-4-6-16-7-5-10/h2-3,8,10,16H,4-7H2,1H3. The predicted molar refractivity (Wildman–Crippen MR) is 77.0 cm³/mol. The van der Waals surface area contributed by atoms with Crippen molar-refractivity contribution in [3.8, 4) is 11.5 Å². The smallest absolute Gasteiger partial charge is 0.258 e. The molecule has 1 aliphatic rings. The van der Waals surface area contributed by atoms with Crippen LogP contribution in [-0.2, 0) is 0 Å². The van der Waals surface area contributed by atoms with E-state index in [1.54, 1.807) is 0 Å². The zero-order chi connectivity index (χ0) is 13.2. The number of piperidine rings is 1. The van der Waals surface area contributed by atoms with E-state index in [0.29, 0.717) is 11.8 Å². The molecular weight excluding hydrogens is 306 g/mol. The van der Waals surface area contributed by atoms with Crippen LogP contribution >= 0.6 is 15.9 Å². The SMILES string of the molecule is Cc1cc(Br)ccc1-c1nc(C2CCNCC2)no1. The van der Waals surface area contributed by atoms with E-state index in [1.165, 1.54) is 0 Å². The van der Waals surface area contributed by atoms with E-state index in [9.17, 15) is 0 Å². The molecule has 1 aromatic heterocycles. The van der Waals surface area contributed by atoms with Crippen LogP contribution in [0.5, 0.6) is 0 Å². The van der Waals surface area contributed by atoms with Crippen molar-refractivity contribution in [2.45, 2.75) is 25.7 Å². The summed E-state index contributed by atoms with van der Waals surface area (Å²) in [6.07, 6.45) is 2.16. The number of nitrogens with zero attached hydrogens (tertiary/aromatic N) is 2. The Hall–Kier alpha value is -1.20. The van der Waals surface area contributed by atoms with Crippen LogP contribution < -0.4 is 5.32 Å². The van der Waals surface area contributed by atoms with Gasteiger partial charge in [-0.1, -0.05) is 21.1 Å². The Kier molecular flexibility index (Phi) is 3.66. The maximum absolute atomic E-state index is 5.43. The Bertz CT molecular complexity index is 576. The first-order chi connectivity index (χ1) is 9.24. The number of hydrogen-bond donors (Lipinski definition) is 1. The molecule has 3 rings (SSSR count). The normalized spacial score (nSPS) is 16.7. The fourth-order valence-electron chi connectivity index (χ4n) is 2.46. The number of nitrogens with one attached hydrogen (secondary N) is 1. The lowest BCUT2D eigenvalue weighted by molar-refractivity contribution is 0.392. The minimum atomic E-state index is 0.425. The van der Waals surface area contributed by atoms with Gasteiger partial charge in [0.2, 0.25) is 0 Å². The van der Waals surface area contributed by atoms with Crippen molar-refractivity contribution in [2.24, 2.45) is 0 Å². The van der Waals surface area contributed by atoms with Gasteiger partial charge in [0.25, 0.3) is 5.89 Å². The van der Waals surface area contributed by atoms with E-state index in [0.717, 1.165) is 47.4 Å². The molecule has 5 heteroatoms. The van der Waals surface area contributed by atoms with Gasteiger partial charge < -0.3 is 9.84 Å². The third kappa shape index (κ3) is 2.72. The number of aromatic nitrogens is 2. The second-order valence-electron chi connectivity index (χ2n) is 4.94. The van der Waals surface area contributed by atoms with Gasteiger partial charge in [-0.15, -0.1) is 0 Å². The van der Waals surface area contributed by atoms with Crippen molar-refractivity contribution in [1.82, 2.24) is 15.5 Å². The van der Waals surface area contributed by atoms with Crippen LogP contribution in [0, 0.1) is 6.92 Å². The first-order valence-electron chi connectivity index (χ1n) is 6.55. The van der Waals surface area contributed by atoms with Crippen LogP contribution in [0.3, 0.4) is 0 Å². The molecule has 1 saturated heterocycles. The maximum atomic E-state index is 5.43. The van der Waals surface area contributed by atoms with Crippen molar-refractivity contribution >= 4 is 15.9 Å². The Morgan fingerprint density at radius 2 is 2.11 bits per heavy atom. The van der Waals surface area contributed by atoms with E-state index < -0.39 is 0 Å². The molecule has 0 radical (unpaired) electrons. The van der Waals surface area contributed by atoms with Gasteiger partial charge in [0.15, 0.2) is 5.82 Å². The summed E-state index contributed by atoms with van der Waals surface area (Å²) in [7, 11) is 0. The Morgan fingerprint density at radius 3 is 2.84 bits per heavy atom. The molecule has 4 nitrogen and oxygen atoms in total. The molecule has 1 aromatic carbocycles. The van der Waals surface area contributed by atoms with Crippen molar-refractivity contribution in [3.05, 3.63) is 34.1 Å². The molecule has 2 heterocycles. The van der Waals surface area contributed by atoms with E-state index >= 15 is 0 Å². The molecular formula is C14H16BrN3O. The molecule has 0 spiro atoms. The highest BCUT2D eigenvalue weighted by molar-refractivity contribution is 9.10. The van der Waals surface area contributed by atoms with E-state index in [4.69, 9.17) is 4.52 Å². The lowest BCUT2D eigenvalue weighted by atomic mass is 9.97. The highest BCUT2D eigenvalue weighted by Gasteiger charge is 2.21. The molecule has 0 unspecified atom stereocenters. The fraction of sp³-hybridized carbons (Fsp3) is 0.429. The lowest BCUT2D eigenvalue weighted by Gasteiger charge is -2.18. The zero-order valence-corrected chi connectivity index (χ0v) is 12.4. The van der Waals surface area contributed by atoms with Gasteiger partial charge in [-0.3, -0.25) is 0 Å². The predicted octanol–water partition coefficient (Wildman–Crippen LogP) is 3.27. The van der Waals surface area contributed by atoms with Crippen LogP contribution in [0.4, 0.5) is 0 Å². The molecule has 0 bridgehead atoms. The third-order valence-electron chi connectivity index (χ3n) is 3.56. The van der Waals surface area contributed by atoms with Crippen molar-refractivity contribution in [3.63, 3.8) is 0 Å². The summed E-state index contributed by atoms with van der Waals surface area (Å²) in [4.78, 5) is 4.57. The second-order valence-corrected chi connectivity index (χ2v) is 5.86. The fourth-order valence-corrected chi connectivity index (χ4v) is 2.93. The Morgan fingerprint density at radius 1 is 1.32 bits per heavy atom.